The van der Waals surface area contributed by atoms with Crippen LogP contribution in [0.5, 0.6) is 0 Å². The van der Waals surface area contributed by atoms with E-state index in [2.05, 4.69) is 5.32 Å². The molecule has 4 rings (SSSR count). The lowest BCUT2D eigenvalue weighted by molar-refractivity contribution is -0.141. The fraction of sp³-hybridized carbons (Fsp3) is 0.367. The molecule has 6 heteroatoms. The van der Waals surface area contributed by atoms with Crippen molar-refractivity contribution in [3.8, 4) is 0 Å². The average Bonchev–Trinajstić information content (AvgIpc) is 3.11. The number of nitrogens with one attached hydrogen (secondary N) is 1. The largest absolute Gasteiger partial charge is 0.352 e. The standard InChI is InChI=1S/C30H35N3O3/c1-5-25(29(35)31-20(2)3)33(19-22-11-6-10-21(4)18-22)27(34)16-9-17-32-26-15-8-13-23-12-7-14-24(28(23)26)30(32)36/h6-8,10-15,18,20,25H,5,9,16-17,19H2,1-4H3,(H,31,35)/t25-/m1/s1. The minimum absolute atomic E-state index is 0.00649. The van der Waals surface area contributed by atoms with E-state index in [1.54, 1.807) is 9.80 Å². The zero-order valence-electron chi connectivity index (χ0n) is 21.6. The summed E-state index contributed by atoms with van der Waals surface area (Å²) < 4.78 is 0. The molecule has 1 N–H and O–H groups in total. The summed E-state index contributed by atoms with van der Waals surface area (Å²) >= 11 is 0. The van der Waals surface area contributed by atoms with Crippen molar-refractivity contribution in [1.82, 2.24) is 10.2 Å². The fourth-order valence-electron chi connectivity index (χ4n) is 5.04. The van der Waals surface area contributed by atoms with Gasteiger partial charge < -0.3 is 15.1 Å². The van der Waals surface area contributed by atoms with Gasteiger partial charge in [0.1, 0.15) is 6.04 Å². The van der Waals surface area contributed by atoms with E-state index in [0.717, 1.165) is 27.6 Å². The molecular weight excluding hydrogens is 450 g/mol. The third kappa shape index (κ3) is 5.27. The zero-order chi connectivity index (χ0) is 25.8. The molecule has 3 aromatic carbocycles. The Labute approximate surface area is 213 Å². The van der Waals surface area contributed by atoms with Gasteiger partial charge in [-0.3, -0.25) is 14.4 Å². The summed E-state index contributed by atoms with van der Waals surface area (Å²) in [6.07, 6.45) is 1.30. The van der Waals surface area contributed by atoms with E-state index in [4.69, 9.17) is 0 Å². The van der Waals surface area contributed by atoms with E-state index in [1.165, 1.54) is 0 Å². The van der Waals surface area contributed by atoms with Gasteiger partial charge >= 0.3 is 0 Å². The third-order valence-corrected chi connectivity index (χ3v) is 6.67. The lowest BCUT2D eigenvalue weighted by atomic mass is 10.1. The zero-order valence-corrected chi connectivity index (χ0v) is 21.6. The first-order valence-electron chi connectivity index (χ1n) is 12.8. The Bertz CT molecular complexity index is 1280. The molecule has 0 aliphatic carbocycles. The van der Waals surface area contributed by atoms with Crippen LogP contribution in [0.25, 0.3) is 10.8 Å². The molecule has 0 unspecified atom stereocenters. The van der Waals surface area contributed by atoms with Crippen molar-refractivity contribution in [2.75, 3.05) is 11.4 Å². The van der Waals surface area contributed by atoms with Gasteiger partial charge in [0.2, 0.25) is 11.8 Å². The Balaban J connectivity index is 1.49. The van der Waals surface area contributed by atoms with Crippen molar-refractivity contribution in [3.63, 3.8) is 0 Å². The lowest BCUT2D eigenvalue weighted by Crippen LogP contribution is -2.50. The topological polar surface area (TPSA) is 69.7 Å². The number of hydrogen-bond acceptors (Lipinski definition) is 3. The van der Waals surface area contributed by atoms with E-state index >= 15 is 0 Å². The van der Waals surface area contributed by atoms with Crippen LogP contribution in [0.15, 0.2) is 60.7 Å². The average molecular weight is 486 g/mol. The summed E-state index contributed by atoms with van der Waals surface area (Å²) in [6, 6.07) is 19.2. The van der Waals surface area contributed by atoms with Gasteiger partial charge in [-0.15, -0.1) is 0 Å². The van der Waals surface area contributed by atoms with Crippen molar-refractivity contribution in [3.05, 3.63) is 77.4 Å². The summed E-state index contributed by atoms with van der Waals surface area (Å²) in [4.78, 5) is 43.1. The van der Waals surface area contributed by atoms with Gasteiger partial charge in [-0.1, -0.05) is 61.0 Å². The van der Waals surface area contributed by atoms with Gasteiger partial charge in [0.15, 0.2) is 0 Å². The molecule has 6 nitrogen and oxygen atoms in total. The third-order valence-electron chi connectivity index (χ3n) is 6.67. The van der Waals surface area contributed by atoms with Crippen molar-refractivity contribution >= 4 is 34.2 Å². The van der Waals surface area contributed by atoms with Gasteiger partial charge in [0, 0.05) is 36.5 Å². The predicted molar refractivity (Wildman–Crippen MR) is 144 cm³/mol. The first-order chi connectivity index (χ1) is 17.3. The number of hydrogen-bond donors (Lipinski definition) is 1. The second kappa shape index (κ2) is 10.9. The summed E-state index contributed by atoms with van der Waals surface area (Å²) in [5.41, 5.74) is 3.73. The van der Waals surface area contributed by atoms with Crippen LogP contribution < -0.4 is 10.2 Å². The molecule has 0 saturated heterocycles. The molecular formula is C30H35N3O3. The Morgan fingerprint density at radius 2 is 1.75 bits per heavy atom. The number of amides is 3. The van der Waals surface area contributed by atoms with Crippen molar-refractivity contribution in [2.45, 2.75) is 65.6 Å². The molecule has 0 aromatic heterocycles. The van der Waals surface area contributed by atoms with Crippen LogP contribution in [0.2, 0.25) is 0 Å². The highest BCUT2D eigenvalue weighted by Gasteiger charge is 2.31. The molecule has 188 valence electrons. The van der Waals surface area contributed by atoms with Crippen molar-refractivity contribution in [2.24, 2.45) is 0 Å². The SMILES string of the molecule is CC[C@H](C(=O)NC(C)C)N(Cc1cccc(C)c1)C(=O)CCCN1C(=O)c2cccc3cccc1c23. The highest BCUT2D eigenvalue weighted by atomic mass is 16.2. The second-order valence-electron chi connectivity index (χ2n) is 9.84. The normalized spacial score (nSPS) is 13.4. The van der Waals surface area contributed by atoms with Crippen LogP contribution in [-0.2, 0) is 16.1 Å². The number of rotatable bonds is 10. The highest BCUT2D eigenvalue weighted by Crippen LogP contribution is 2.37. The Morgan fingerprint density at radius 3 is 2.44 bits per heavy atom. The molecule has 1 aliphatic heterocycles. The predicted octanol–water partition coefficient (Wildman–Crippen LogP) is 5.22. The highest BCUT2D eigenvalue weighted by molar-refractivity contribution is 6.25. The van der Waals surface area contributed by atoms with Crippen LogP contribution in [0.1, 0.15) is 61.5 Å². The number of aryl methyl sites for hydroxylation is 1. The molecule has 3 amide bonds. The molecule has 36 heavy (non-hydrogen) atoms. The number of anilines is 1. The van der Waals surface area contributed by atoms with E-state index in [1.807, 2.05) is 88.4 Å². The van der Waals surface area contributed by atoms with Crippen LogP contribution in [0.4, 0.5) is 5.69 Å². The first-order valence-corrected chi connectivity index (χ1v) is 12.8. The molecule has 0 bridgehead atoms. The molecule has 0 radical (unpaired) electrons. The van der Waals surface area contributed by atoms with E-state index < -0.39 is 6.04 Å². The maximum atomic E-state index is 13.5. The Kier molecular flexibility index (Phi) is 7.73. The second-order valence-corrected chi connectivity index (χ2v) is 9.84. The molecule has 3 aromatic rings. The van der Waals surface area contributed by atoms with E-state index in [0.29, 0.717) is 31.5 Å². The molecule has 0 saturated carbocycles. The van der Waals surface area contributed by atoms with Crippen LogP contribution in [0.3, 0.4) is 0 Å². The number of nitrogens with zero attached hydrogens (tertiary/aromatic N) is 2. The minimum Gasteiger partial charge on any atom is -0.352 e. The lowest BCUT2D eigenvalue weighted by Gasteiger charge is -2.31. The van der Waals surface area contributed by atoms with Gasteiger partial charge in [-0.2, -0.15) is 0 Å². The molecule has 0 spiro atoms. The minimum atomic E-state index is -0.549. The van der Waals surface area contributed by atoms with E-state index in [9.17, 15) is 14.4 Å². The monoisotopic (exact) mass is 485 g/mol. The summed E-state index contributed by atoms with van der Waals surface area (Å²) in [5.74, 6) is -0.233. The molecule has 1 atom stereocenters. The van der Waals surface area contributed by atoms with Gasteiger partial charge in [0.05, 0.1) is 5.69 Å². The quantitative estimate of drug-likeness (QED) is 0.428. The van der Waals surface area contributed by atoms with Crippen LogP contribution in [0, 0.1) is 6.92 Å². The van der Waals surface area contributed by atoms with Crippen molar-refractivity contribution in [1.29, 1.82) is 0 Å². The van der Waals surface area contributed by atoms with Gasteiger partial charge in [-0.05, 0) is 56.7 Å². The van der Waals surface area contributed by atoms with Crippen LogP contribution in [-0.4, -0.2) is 41.2 Å². The fourth-order valence-corrected chi connectivity index (χ4v) is 5.04. The maximum absolute atomic E-state index is 13.5. The number of carbonyl (C=O) groups excluding carboxylic acids is 3. The number of carbonyl (C=O) groups is 3. The van der Waals surface area contributed by atoms with Gasteiger partial charge in [-0.25, -0.2) is 0 Å². The molecule has 1 aliphatic rings. The summed E-state index contributed by atoms with van der Waals surface area (Å²) in [5, 5.41) is 4.99. The Morgan fingerprint density at radius 1 is 1.03 bits per heavy atom. The smallest absolute Gasteiger partial charge is 0.258 e. The summed E-state index contributed by atoms with van der Waals surface area (Å²) in [6.45, 7) is 8.61. The maximum Gasteiger partial charge on any atom is 0.258 e. The van der Waals surface area contributed by atoms with E-state index in [-0.39, 0.29) is 30.2 Å². The van der Waals surface area contributed by atoms with Crippen molar-refractivity contribution < 1.29 is 14.4 Å². The first kappa shape index (κ1) is 25.4. The summed E-state index contributed by atoms with van der Waals surface area (Å²) in [7, 11) is 0. The molecule has 0 fully saturated rings. The van der Waals surface area contributed by atoms with Gasteiger partial charge in [0.25, 0.3) is 5.91 Å². The van der Waals surface area contributed by atoms with Crippen LogP contribution >= 0.6 is 0 Å². The number of benzene rings is 3. The Hall–Kier alpha value is -3.67. The molecule has 1 heterocycles.